The first-order valence-corrected chi connectivity index (χ1v) is 9.74. The number of allylic oxidation sites excluding steroid dienone is 3. The molecule has 0 amide bonds. The summed E-state index contributed by atoms with van der Waals surface area (Å²) in [5.41, 5.74) is 1.16. The van der Waals surface area contributed by atoms with E-state index in [0.29, 0.717) is 17.6 Å². The molecule has 1 saturated heterocycles. The molecule has 3 unspecified atom stereocenters. The van der Waals surface area contributed by atoms with E-state index in [9.17, 15) is 15.3 Å². The van der Waals surface area contributed by atoms with E-state index in [1.54, 1.807) is 0 Å². The van der Waals surface area contributed by atoms with Gasteiger partial charge in [0, 0.05) is 11.3 Å². The number of cyclic esters (lactones) is 1. The van der Waals surface area contributed by atoms with Crippen LogP contribution in [-0.4, -0.2) is 11.6 Å². The van der Waals surface area contributed by atoms with Gasteiger partial charge in [-0.05, 0) is 69.9 Å². The summed E-state index contributed by atoms with van der Waals surface area (Å²) >= 11 is 0. The molecule has 138 valence electrons. The summed E-state index contributed by atoms with van der Waals surface area (Å²) < 4.78 is 12.2. The summed E-state index contributed by atoms with van der Waals surface area (Å²) in [5.74, 6) is 0.979. The van der Waals surface area contributed by atoms with Crippen LogP contribution in [0.25, 0.3) is 0 Å². The van der Waals surface area contributed by atoms with Crippen molar-refractivity contribution in [2.24, 2.45) is 29.1 Å². The summed E-state index contributed by atoms with van der Waals surface area (Å²) in [6, 6.07) is 3.94. The minimum atomic E-state index is -0.542. The predicted octanol–water partition coefficient (Wildman–Crippen LogP) is 3.91. The van der Waals surface area contributed by atoms with Crippen molar-refractivity contribution in [2.45, 2.75) is 52.1 Å². The molecule has 3 aliphatic carbocycles. The average molecular weight is 362 g/mol. The van der Waals surface area contributed by atoms with Crippen LogP contribution in [0.4, 0.5) is 0 Å². The molecule has 0 bridgehead atoms. The number of hydrogen-bond donors (Lipinski definition) is 0. The molecule has 2 aliphatic heterocycles. The third-order valence-corrected chi connectivity index (χ3v) is 7.51. The number of fused-ring (bicyclic) bond motifs is 2. The maximum atomic E-state index is 12.9. The Morgan fingerprint density at radius 3 is 2.26 bits per heavy atom. The van der Waals surface area contributed by atoms with E-state index in [4.69, 9.17) is 9.47 Å². The smallest absolute Gasteiger partial charge is 0.319 e. The lowest BCUT2D eigenvalue weighted by molar-refractivity contribution is -0.141. The first-order chi connectivity index (χ1) is 12.9. The van der Waals surface area contributed by atoms with Gasteiger partial charge in [0.15, 0.2) is 5.57 Å². The van der Waals surface area contributed by atoms with Crippen LogP contribution >= 0.6 is 0 Å². The van der Waals surface area contributed by atoms with Crippen molar-refractivity contribution < 1.29 is 14.3 Å². The van der Waals surface area contributed by atoms with Crippen LogP contribution in [0.3, 0.4) is 0 Å². The Balaban J connectivity index is 1.85. The molecule has 5 nitrogen and oxygen atoms in total. The second kappa shape index (κ2) is 5.04. The molecule has 0 aromatic rings. The van der Waals surface area contributed by atoms with Crippen molar-refractivity contribution in [3.8, 4) is 12.1 Å². The van der Waals surface area contributed by atoms with Gasteiger partial charge in [-0.1, -0.05) is 5.57 Å². The van der Waals surface area contributed by atoms with Gasteiger partial charge in [0.2, 0.25) is 0 Å². The Bertz CT molecular complexity index is 921. The molecule has 2 heterocycles. The second-order valence-corrected chi connectivity index (χ2v) is 8.81. The fourth-order valence-corrected chi connectivity index (χ4v) is 6.55. The van der Waals surface area contributed by atoms with E-state index in [1.807, 2.05) is 26.0 Å². The number of carbonyl (C=O) groups excluding carboxylic acids is 1. The van der Waals surface area contributed by atoms with Crippen LogP contribution in [0, 0.1) is 51.7 Å². The summed E-state index contributed by atoms with van der Waals surface area (Å²) in [4.78, 5) is 12.9. The van der Waals surface area contributed by atoms with Gasteiger partial charge in [-0.3, -0.25) is 4.79 Å². The highest BCUT2D eigenvalue weighted by atomic mass is 16.5. The van der Waals surface area contributed by atoms with Crippen molar-refractivity contribution >= 4 is 5.97 Å². The zero-order chi connectivity index (χ0) is 19.1. The number of carbonyl (C=O) groups is 1. The quantitative estimate of drug-likeness (QED) is 0.549. The molecular formula is C22H22N2O3. The van der Waals surface area contributed by atoms with E-state index in [2.05, 4.69) is 13.0 Å². The van der Waals surface area contributed by atoms with Gasteiger partial charge in [0.25, 0.3) is 0 Å². The maximum absolute atomic E-state index is 12.9. The van der Waals surface area contributed by atoms with Crippen LogP contribution in [0.5, 0.6) is 0 Å². The van der Waals surface area contributed by atoms with Gasteiger partial charge in [0.05, 0.1) is 11.7 Å². The number of esters is 1. The molecule has 3 atom stereocenters. The molecule has 3 fully saturated rings. The van der Waals surface area contributed by atoms with E-state index < -0.39 is 11.5 Å². The summed E-state index contributed by atoms with van der Waals surface area (Å²) in [5, 5.41) is 19.1. The van der Waals surface area contributed by atoms with Crippen LogP contribution in [0.1, 0.15) is 46.5 Å². The average Bonchev–Trinajstić information content (AvgIpc) is 3.53. The zero-order valence-corrected chi connectivity index (χ0v) is 15.8. The number of rotatable bonds is 2. The molecule has 0 spiro atoms. The van der Waals surface area contributed by atoms with Gasteiger partial charge in [-0.15, -0.1) is 0 Å². The summed E-state index contributed by atoms with van der Waals surface area (Å²) in [6.45, 7) is 6.11. The highest BCUT2D eigenvalue weighted by Crippen LogP contribution is 2.75. The first-order valence-electron chi connectivity index (χ1n) is 9.74. The lowest BCUT2D eigenvalue weighted by Crippen LogP contribution is -2.59. The Labute approximate surface area is 158 Å². The monoisotopic (exact) mass is 362 g/mol. The summed E-state index contributed by atoms with van der Waals surface area (Å²) in [6.07, 6.45) is 6.47. The Hall–Kier alpha value is -2.53. The fourth-order valence-electron chi connectivity index (χ4n) is 6.55. The van der Waals surface area contributed by atoms with Crippen LogP contribution in [-0.2, 0) is 14.3 Å². The Morgan fingerprint density at radius 1 is 1.15 bits per heavy atom. The number of nitriles is 2. The number of nitrogens with zero attached hydrogens (tertiary/aromatic N) is 2. The summed E-state index contributed by atoms with van der Waals surface area (Å²) in [7, 11) is 0. The Kier molecular flexibility index (Phi) is 3.11. The molecule has 5 rings (SSSR count). The molecule has 0 N–H and O–H groups in total. The fraction of sp³-hybridized carbons (Fsp3) is 0.591. The third-order valence-electron chi connectivity index (χ3n) is 7.51. The normalized spacial score (nSPS) is 36.1. The van der Waals surface area contributed by atoms with E-state index in [0.717, 1.165) is 42.6 Å². The minimum absolute atomic E-state index is 0.0657. The van der Waals surface area contributed by atoms with Gasteiger partial charge >= 0.3 is 5.97 Å². The highest BCUT2D eigenvalue weighted by molar-refractivity contribution is 5.83. The molecular weight excluding hydrogens is 340 g/mol. The third kappa shape index (κ3) is 1.80. The minimum Gasteiger partial charge on any atom is -0.487 e. The van der Waals surface area contributed by atoms with Crippen molar-refractivity contribution in [2.75, 3.05) is 0 Å². The molecule has 27 heavy (non-hydrogen) atoms. The van der Waals surface area contributed by atoms with E-state index in [-0.39, 0.29) is 22.9 Å². The first kappa shape index (κ1) is 16.6. The van der Waals surface area contributed by atoms with Gasteiger partial charge in [-0.25, -0.2) is 0 Å². The van der Waals surface area contributed by atoms with E-state index >= 15 is 0 Å². The Morgan fingerprint density at radius 2 is 1.74 bits per heavy atom. The van der Waals surface area contributed by atoms with Crippen molar-refractivity contribution in [3.05, 3.63) is 34.3 Å². The number of hydrogen-bond acceptors (Lipinski definition) is 5. The van der Waals surface area contributed by atoms with Crippen molar-refractivity contribution in [1.29, 1.82) is 10.5 Å². The molecule has 5 heteroatoms. The van der Waals surface area contributed by atoms with Gasteiger partial charge in [-0.2, -0.15) is 10.5 Å². The van der Waals surface area contributed by atoms with Crippen molar-refractivity contribution in [3.63, 3.8) is 0 Å². The topological polar surface area (TPSA) is 83.1 Å². The van der Waals surface area contributed by atoms with Crippen LogP contribution in [0.2, 0.25) is 0 Å². The predicted molar refractivity (Wildman–Crippen MR) is 95.2 cm³/mol. The molecule has 0 aromatic heterocycles. The van der Waals surface area contributed by atoms with Gasteiger partial charge < -0.3 is 9.47 Å². The standard InChI is InChI=1S/C22H22N2O3/c1-11-8-16-12(2)17-18(19(26-20(17)25)13(9-23)10-24)22(14-4-5-14,15-6-7-15)21(16,3)27-11/h8,14-15,17-18H,4-7H2,1-3H3. The van der Waals surface area contributed by atoms with Crippen LogP contribution in [0.15, 0.2) is 34.3 Å². The number of ether oxygens (including phenoxy) is 2. The molecule has 0 radical (unpaired) electrons. The SMILES string of the molecule is CC1=CC2=C(C)C3C(=O)OC(=C(C#N)C#N)C3C(C3CC3)(C3CC3)C2(C)O1. The lowest BCUT2D eigenvalue weighted by Gasteiger charge is -2.55. The molecule has 5 aliphatic rings. The van der Waals surface area contributed by atoms with Gasteiger partial charge in [0.1, 0.15) is 23.5 Å². The molecule has 2 saturated carbocycles. The maximum Gasteiger partial charge on any atom is 0.319 e. The zero-order valence-electron chi connectivity index (χ0n) is 15.8. The largest absolute Gasteiger partial charge is 0.487 e. The highest BCUT2D eigenvalue weighted by Gasteiger charge is 2.76. The van der Waals surface area contributed by atoms with Crippen LogP contribution < -0.4 is 0 Å². The van der Waals surface area contributed by atoms with Crippen molar-refractivity contribution in [1.82, 2.24) is 0 Å². The molecule has 0 aromatic carbocycles. The lowest BCUT2D eigenvalue weighted by atomic mass is 9.49. The second-order valence-electron chi connectivity index (χ2n) is 8.81. The van der Waals surface area contributed by atoms with E-state index in [1.165, 1.54) is 0 Å².